The third-order valence-corrected chi connectivity index (χ3v) is 5.92. The van der Waals surface area contributed by atoms with Crippen LogP contribution in [0.1, 0.15) is 23.0 Å². The van der Waals surface area contributed by atoms with Gasteiger partial charge in [0.05, 0.1) is 30.7 Å². The molecule has 1 saturated heterocycles. The van der Waals surface area contributed by atoms with Crippen LogP contribution in [0.4, 0.5) is 20.2 Å². The highest BCUT2D eigenvalue weighted by molar-refractivity contribution is 6.05. The molecule has 0 saturated carbocycles. The van der Waals surface area contributed by atoms with Gasteiger partial charge in [-0.15, -0.1) is 0 Å². The molecule has 0 aliphatic carbocycles. The number of ether oxygens (including phenoxy) is 1. The summed E-state index contributed by atoms with van der Waals surface area (Å²) in [6, 6.07) is 8.42. The maximum atomic E-state index is 14.9. The first-order valence-corrected chi connectivity index (χ1v) is 11.4. The van der Waals surface area contributed by atoms with Crippen molar-refractivity contribution in [2.24, 2.45) is 0 Å². The predicted octanol–water partition coefficient (Wildman–Crippen LogP) is 3.49. The van der Waals surface area contributed by atoms with E-state index in [1.54, 1.807) is 19.1 Å². The Hall–Kier alpha value is -3.89. The SMILES string of the molecule is C=C(C)c1cc(N2CCNC(CO)C2)c(NC(=O)c2ccnc(-c3c(F)cccc3OC)n2)cc1F. The summed E-state index contributed by atoms with van der Waals surface area (Å²) in [4.78, 5) is 23.5. The molecule has 1 atom stereocenters. The molecule has 2 aromatic carbocycles. The van der Waals surface area contributed by atoms with E-state index in [-0.39, 0.29) is 41.2 Å². The molecule has 1 fully saturated rings. The molecule has 0 radical (unpaired) electrons. The van der Waals surface area contributed by atoms with Crippen molar-refractivity contribution < 1.29 is 23.4 Å². The third kappa shape index (κ3) is 5.19. The zero-order valence-corrected chi connectivity index (χ0v) is 20.0. The van der Waals surface area contributed by atoms with Crippen molar-refractivity contribution in [2.45, 2.75) is 13.0 Å². The van der Waals surface area contributed by atoms with Gasteiger partial charge in [0.25, 0.3) is 5.91 Å². The van der Waals surface area contributed by atoms with Gasteiger partial charge in [-0.05, 0) is 36.8 Å². The number of aliphatic hydroxyl groups is 1. The second-order valence-corrected chi connectivity index (χ2v) is 8.45. The summed E-state index contributed by atoms with van der Waals surface area (Å²) in [6.07, 6.45) is 1.34. The van der Waals surface area contributed by atoms with E-state index < -0.39 is 17.5 Å². The van der Waals surface area contributed by atoms with E-state index in [0.29, 0.717) is 36.5 Å². The van der Waals surface area contributed by atoms with Gasteiger partial charge in [0.2, 0.25) is 0 Å². The molecule has 10 heteroatoms. The van der Waals surface area contributed by atoms with Crippen molar-refractivity contribution in [1.82, 2.24) is 15.3 Å². The van der Waals surface area contributed by atoms with Crippen molar-refractivity contribution in [3.05, 3.63) is 72.1 Å². The molecule has 1 aromatic heterocycles. The molecule has 1 amide bonds. The van der Waals surface area contributed by atoms with Crippen LogP contribution in [0, 0.1) is 11.6 Å². The minimum atomic E-state index is -0.619. The number of aliphatic hydroxyl groups excluding tert-OH is 1. The number of amides is 1. The summed E-state index contributed by atoms with van der Waals surface area (Å²) in [5, 5.41) is 15.5. The Labute approximate surface area is 207 Å². The highest BCUT2D eigenvalue weighted by Gasteiger charge is 2.24. The number of nitrogens with zero attached hydrogens (tertiary/aromatic N) is 3. The minimum Gasteiger partial charge on any atom is -0.496 e. The average Bonchev–Trinajstić information content (AvgIpc) is 2.88. The zero-order chi connectivity index (χ0) is 25.8. The van der Waals surface area contributed by atoms with E-state index in [9.17, 15) is 18.7 Å². The predicted molar refractivity (Wildman–Crippen MR) is 134 cm³/mol. The quantitative estimate of drug-likeness (QED) is 0.462. The number of allylic oxidation sites excluding steroid dienone is 1. The zero-order valence-electron chi connectivity index (χ0n) is 20.0. The maximum Gasteiger partial charge on any atom is 0.274 e. The lowest BCUT2D eigenvalue weighted by Crippen LogP contribution is -2.52. The molecule has 2 heterocycles. The maximum absolute atomic E-state index is 14.9. The molecule has 0 spiro atoms. The minimum absolute atomic E-state index is 0.0190. The topological polar surface area (TPSA) is 99.6 Å². The van der Waals surface area contributed by atoms with Gasteiger partial charge >= 0.3 is 0 Å². The lowest BCUT2D eigenvalue weighted by atomic mass is 10.0. The lowest BCUT2D eigenvalue weighted by molar-refractivity contribution is 0.102. The van der Waals surface area contributed by atoms with Crippen LogP contribution in [0.2, 0.25) is 0 Å². The number of anilines is 2. The number of aromatic nitrogens is 2. The van der Waals surface area contributed by atoms with Gasteiger partial charge in [-0.1, -0.05) is 12.6 Å². The molecule has 188 valence electrons. The van der Waals surface area contributed by atoms with Crippen molar-refractivity contribution in [1.29, 1.82) is 0 Å². The van der Waals surface area contributed by atoms with E-state index in [4.69, 9.17) is 4.74 Å². The van der Waals surface area contributed by atoms with Gasteiger partial charge in [-0.25, -0.2) is 18.7 Å². The number of nitrogens with one attached hydrogen (secondary N) is 2. The average molecular weight is 496 g/mol. The van der Waals surface area contributed by atoms with E-state index in [1.807, 2.05) is 4.90 Å². The first kappa shape index (κ1) is 25.2. The molecular weight excluding hydrogens is 468 g/mol. The molecule has 36 heavy (non-hydrogen) atoms. The molecule has 4 rings (SSSR count). The lowest BCUT2D eigenvalue weighted by Gasteiger charge is -2.36. The van der Waals surface area contributed by atoms with Gasteiger partial charge in [-0.2, -0.15) is 0 Å². The Morgan fingerprint density at radius 1 is 1.31 bits per heavy atom. The number of rotatable bonds is 7. The molecule has 3 aromatic rings. The molecule has 1 aliphatic heterocycles. The molecule has 1 unspecified atom stereocenters. The third-order valence-electron chi connectivity index (χ3n) is 5.92. The van der Waals surface area contributed by atoms with Crippen LogP contribution in [0.5, 0.6) is 5.75 Å². The molecule has 3 N–H and O–H groups in total. The molecule has 8 nitrogen and oxygen atoms in total. The number of benzene rings is 2. The van der Waals surface area contributed by atoms with Gasteiger partial charge < -0.3 is 25.4 Å². The van der Waals surface area contributed by atoms with Crippen LogP contribution in [0.25, 0.3) is 17.0 Å². The summed E-state index contributed by atoms with van der Waals surface area (Å²) in [6.45, 7) is 7.15. The Bertz CT molecular complexity index is 1300. The largest absolute Gasteiger partial charge is 0.496 e. The van der Waals surface area contributed by atoms with Gasteiger partial charge in [-0.3, -0.25) is 4.79 Å². The van der Waals surface area contributed by atoms with Crippen molar-refractivity contribution in [2.75, 3.05) is 43.6 Å². The van der Waals surface area contributed by atoms with E-state index >= 15 is 0 Å². The number of piperazine rings is 1. The van der Waals surface area contributed by atoms with Crippen molar-refractivity contribution in [3.8, 4) is 17.1 Å². The van der Waals surface area contributed by atoms with E-state index in [1.165, 1.54) is 37.6 Å². The molecular formula is C26H27F2N5O3. The van der Waals surface area contributed by atoms with Gasteiger partial charge in [0.15, 0.2) is 5.82 Å². The first-order valence-electron chi connectivity index (χ1n) is 11.4. The van der Waals surface area contributed by atoms with Gasteiger partial charge in [0, 0.05) is 43.5 Å². The van der Waals surface area contributed by atoms with Crippen LogP contribution in [-0.2, 0) is 0 Å². The van der Waals surface area contributed by atoms with Crippen LogP contribution >= 0.6 is 0 Å². The van der Waals surface area contributed by atoms with Gasteiger partial charge in [0.1, 0.15) is 23.1 Å². The Balaban J connectivity index is 1.69. The molecule has 0 bridgehead atoms. The second kappa shape index (κ2) is 10.8. The standard InChI is InChI=1S/C26H27F2N5O3/c1-15(2)17-11-22(33-10-9-29-16(13-33)14-34)21(12-19(17)28)32-26(35)20-7-8-30-25(31-20)24-18(27)5-4-6-23(24)36-3/h4-8,11-12,16,29,34H,1,9-10,13-14H2,2-3H3,(H,32,35). The van der Waals surface area contributed by atoms with Crippen LogP contribution in [0.3, 0.4) is 0 Å². The summed E-state index contributed by atoms with van der Waals surface area (Å²) >= 11 is 0. The second-order valence-electron chi connectivity index (χ2n) is 8.45. The van der Waals surface area contributed by atoms with Crippen LogP contribution in [0.15, 0.2) is 49.2 Å². The van der Waals surface area contributed by atoms with Crippen LogP contribution < -0.4 is 20.3 Å². The fourth-order valence-corrected chi connectivity index (χ4v) is 4.10. The van der Waals surface area contributed by atoms with Crippen molar-refractivity contribution >= 4 is 22.9 Å². The highest BCUT2D eigenvalue weighted by atomic mass is 19.1. The molecule has 1 aliphatic rings. The highest BCUT2D eigenvalue weighted by Crippen LogP contribution is 2.33. The summed E-state index contributed by atoms with van der Waals surface area (Å²) in [7, 11) is 1.40. The monoisotopic (exact) mass is 495 g/mol. The summed E-state index contributed by atoms with van der Waals surface area (Å²) in [5.74, 6) is -1.54. The number of halogens is 2. The van der Waals surface area contributed by atoms with E-state index in [0.717, 1.165) is 0 Å². The Morgan fingerprint density at radius 2 is 2.11 bits per heavy atom. The smallest absolute Gasteiger partial charge is 0.274 e. The summed E-state index contributed by atoms with van der Waals surface area (Å²) < 4.78 is 34.6. The number of hydrogen-bond acceptors (Lipinski definition) is 7. The Kier molecular flexibility index (Phi) is 7.56. The number of carbonyl (C=O) groups excluding carboxylic acids is 1. The number of hydrogen-bond donors (Lipinski definition) is 3. The fourth-order valence-electron chi connectivity index (χ4n) is 4.10. The number of methoxy groups -OCH3 is 1. The first-order chi connectivity index (χ1) is 17.3. The van der Waals surface area contributed by atoms with Crippen molar-refractivity contribution in [3.63, 3.8) is 0 Å². The normalized spacial score (nSPS) is 15.5. The summed E-state index contributed by atoms with van der Waals surface area (Å²) in [5.41, 5.74) is 1.70. The Morgan fingerprint density at radius 3 is 2.83 bits per heavy atom. The number of carbonyl (C=O) groups is 1. The van der Waals surface area contributed by atoms with E-state index in [2.05, 4.69) is 27.2 Å². The fraction of sp³-hybridized carbons (Fsp3) is 0.269. The van der Waals surface area contributed by atoms with Crippen LogP contribution in [-0.4, -0.2) is 60.4 Å².